The van der Waals surface area contributed by atoms with Gasteiger partial charge in [-0.3, -0.25) is 0 Å². The minimum atomic E-state index is -4.63. The van der Waals surface area contributed by atoms with Gasteiger partial charge in [-0.2, -0.15) is 13.2 Å². The van der Waals surface area contributed by atoms with Crippen LogP contribution < -0.4 is 10.5 Å². The summed E-state index contributed by atoms with van der Waals surface area (Å²) >= 11 is 5.62. The standard InChI is InChI=1S/C9H10ClF3N2O2S/c1-5-7(14)2-6(10)3-8(5)18(16,17)15-4-9(11,12)13/h2-3,15H,4,14H2,1H3. The molecule has 0 bridgehead atoms. The molecule has 0 saturated carbocycles. The second-order valence-corrected chi connectivity index (χ2v) is 5.73. The van der Waals surface area contributed by atoms with Crippen LogP contribution in [0, 0.1) is 6.92 Å². The Morgan fingerprint density at radius 2 is 1.94 bits per heavy atom. The van der Waals surface area contributed by atoms with E-state index in [-0.39, 0.29) is 21.2 Å². The zero-order valence-corrected chi connectivity index (χ0v) is 10.7. The highest BCUT2D eigenvalue weighted by Gasteiger charge is 2.30. The van der Waals surface area contributed by atoms with E-state index in [2.05, 4.69) is 0 Å². The molecule has 0 aromatic heterocycles. The topological polar surface area (TPSA) is 72.2 Å². The number of anilines is 1. The lowest BCUT2D eigenvalue weighted by atomic mass is 10.2. The van der Waals surface area contributed by atoms with Gasteiger partial charge in [-0.25, -0.2) is 13.1 Å². The first-order chi connectivity index (χ1) is 8.03. The molecule has 4 nitrogen and oxygen atoms in total. The number of alkyl halides is 3. The van der Waals surface area contributed by atoms with Gasteiger partial charge in [0.2, 0.25) is 10.0 Å². The van der Waals surface area contributed by atoms with Crippen LogP contribution in [0.5, 0.6) is 0 Å². The lowest BCUT2D eigenvalue weighted by Gasteiger charge is -2.12. The van der Waals surface area contributed by atoms with Gasteiger partial charge in [-0.15, -0.1) is 0 Å². The molecule has 0 aliphatic heterocycles. The molecule has 18 heavy (non-hydrogen) atoms. The summed E-state index contributed by atoms with van der Waals surface area (Å²) in [6.45, 7) is -0.269. The van der Waals surface area contributed by atoms with Crippen molar-refractivity contribution >= 4 is 27.3 Å². The number of halogens is 4. The Morgan fingerprint density at radius 3 is 2.44 bits per heavy atom. The third kappa shape index (κ3) is 3.76. The first-order valence-electron chi connectivity index (χ1n) is 4.65. The van der Waals surface area contributed by atoms with Gasteiger partial charge in [0, 0.05) is 10.7 Å². The van der Waals surface area contributed by atoms with Crippen molar-refractivity contribution < 1.29 is 21.6 Å². The van der Waals surface area contributed by atoms with Crippen LogP contribution in [0.4, 0.5) is 18.9 Å². The van der Waals surface area contributed by atoms with Crippen molar-refractivity contribution in [1.82, 2.24) is 4.72 Å². The van der Waals surface area contributed by atoms with Gasteiger partial charge in [-0.1, -0.05) is 11.6 Å². The van der Waals surface area contributed by atoms with Crippen molar-refractivity contribution in [3.05, 3.63) is 22.7 Å². The molecule has 1 aromatic rings. The second kappa shape index (κ2) is 4.94. The molecule has 102 valence electrons. The van der Waals surface area contributed by atoms with E-state index in [1.807, 2.05) is 0 Å². The first-order valence-corrected chi connectivity index (χ1v) is 6.51. The Bertz CT molecular complexity index is 558. The minimum absolute atomic E-state index is 0.0329. The number of hydrogen-bond acceptors (Lipinski definition) is 3. The summed E-state index contributed by atoms with van der Waals surface area (Å²) in [5.41, 5.74) is 5.74. The smallest absolute Gasteiger partial charge is 0.398 e. The number of benzene rings is 1. The zero-order valence-electron chi connectivity index (χ0n) is 9.18. The van der Waals surface area contributed by atoms with Crippen molar-refractivity contribution in [2.75, 3.05) is 12.3 Å². The summed E-state index contributed by atoms with van der Waals surface area (Å²) in [4.78, 5) is -0.364. The van der Waals surface area contributed by atoms with Crippen LogP contribution in [0.15, 0.2) is 17.0 Å². The fourth-order valence-corrected chi connectivity index (χ4v) is 2.81. The van der Waals surface area contributed by atoms with Gasteiger partial charge in [0.25, 0.3) is 0 Å². The summed E-state index contributed by atoms with van der Waals surface area (Å²) in [5.74, 6) is 0. The van der Waals surface area contributed by atoms with Gasteiger partial charge >= 0.3 is 6.18 Å². The molecule has 0 heterocycles. The van der Waals surface area contributed by atoms with E-state index >= 15 is 0 Å². The maximum atomic E-state index is 12.0. The SMILES string of the molecule is Cc1c(N)cc(Cl)cc1S(=O)(=O)NCC(F)(F)F. The highest BCUT2D eigenvalue weighted by atomic mass is 35.5. The van der Waals surface area contributed by atoms with E-state index in [0.29, 0.717) is 0 Å². The van der Waals surface area contributed by atoms with E-state index in [9.17, 15) is 21.6 Å². The molecule has 3 N–H and O–H groups in total. The number of sulfonamides is 1. The van der Waals surface area contributed by atoms with Gasteiger partial charge in [0.15, 0.2) is 0 Å². The average Bonchev–Trinajstić information content (AvgIpc) is 2.19. The van der Waals surface area contributed by atoms with Gasteiger partial charge in [-0.05, 0) is 24.6 Å². The second-order valence-electron chi connectivity index (χ2n) is 3.56. The normalized spacial score (nSPS) is 12.7. The fourth-order valence-electron chi connectivity index (χ4n) is 1.21. The quantitative estimate of drug-likeness (QED) is 0.840. The minimum Gasteiger partial charge on any atom is -0.398 e. The molecule has 0 atom stereocenters. The molecule has 0 radical (unpaired) electrons. The highest BCUT2D eigenvalue weighted by Crippen LogP contribution is 2.26. The van der Waals surface area contributed by atoms with Crippen molar-refractivity contribution in [1.29, 1.82) is 0 Å². The molecule has 0 aliphatic rings. The number of hydrogen-bond donors (Lipinski definition) is 2. The molecule has 1 aromatic carbocycles. The maximum absolute atomic E-state index is 12.0. The van der Waals surface area contributed by atoms with E-state index in [1.165, 1.54) is 17.7 Å². The third-order valence-electron chi connectivity index (χ3n) is 2.12. The fraction of sp³-hybridized carbons (Fsp3) is 0.333. The summed E-state index contributed by atoms with van der Waals surface area (Å²) in [7, 11) is -4.30. The largest absolute Gasteiger partial charge is 0.402 e. The van der Waals surface area contributed by atoms with Crippen LogP contribution in [0.1, 0.15) is 5.56 Å². The van der Waals surface area contributed by atoms with Crippen LogP contribution in [0.2, 0.25) is 5.02 Å². The Kier molecular flexibility index (Phi) is 4.14. The average molecular weight is 303 g/mol. The van der Waals surface area contributed by atoms with E-state index < -0.39 is 22.7 Å². The van der Waals surface area contributed by atoms with Gasteiger partial charge in [0.1, 0.15) is 6.54 Å². The Hall–Kier alpha value is -0.990. The van der Waals surface area contributed by atoms with E-state index in [0.717, 1.165) is 6.07 Å². The monoisotopic (exact) mass is 302 g/mol. The van der Waals surface area contributed by atoms with Crippen LogP contribution in [-0.2, 0) is 10.0 Å². The Balaban J connectivity index is 3.13. The van der Waals surface area contributed by atoms with Crippen LogP contribution >= 0.6 is 11.6 Å². The van der Waals surface area contributed by atoms with Crippen LogP contribution in [0.3, 0.4) is 0 Å². The predicted molar refractivity (Wildman–Crippen MR) is 61.8 cm³/mol. The zero-order chi connectivity index (χ0) is 14.1. The first kappa shape index (κ1) is 15.1. The van der Waals surface area contributed by atoms with Gasteiger partial charge < -0.3 is 5.73 Å². The number of nitrogen functional groups attached to an aromatic ring is 1. The number of nitrogens with one attached hydrogen (secondary N) is 1. The molecular formula is C9H10ClF3N2O2S. The Morgan fingerprint density at radius 1 is 1.39 bits per heavy atom. The molecule has 1 rings (SSSR count). The molecule has 9 heteroatoms. The van der Waals surface area contributed by atoms with E-state index in [4.69, 9.17) is 17.3 Å². The maximum Gasteiger partial charge on any atom is 0.402 e. The third-order valence-corrected chi connectivity index (χ3v) is 3.86. The lowest BCUT2D eigenvalue weighted by molar-refractivity contribution is -0.121. The molecular weight excluding hydrogens is 293 g/mol. The van der Waals surface area contributed by atoms with Crippen molar-refractivity contribution in [3.8, 4) is 0 Å². The van der Waals surface area contributed by atoms with Gasteiger partial charge in [0.05, 0.1) is 4.90 Å². The summed E-state index contributed by atoms with van der Waals surface area (Å²) < 4.78 is 60.8. The van der Waals surface area contributed by atoms with Crippen LogP contribution in [0.25, 0.3) is 0 Å². The molecule has 0 amide bonds. The molecule has 0 unspecified atom stereocenters. The van der Waals surface area contributed by atoms with Crippen molar-refractivity contribution in [2.45, 2.75) is 18.0 Å². The summed E-state index contributed by atoms with van der Waals surface area (Å²) in [5, 5.41) is 0.0329. The summed E-state index contributed by atoms with van der Waals surface area (Å²) in [6.07, 6.45) is -4.63. The highest BCUT2D eigenvalue weighted by molar-refractivity contribution is 7.89. The molecule has 0 spiro atoms. The Labute approximate surface area is 107 Å². The summed E-state index contributed by atoms with van der Waals surface area (Å²) in [6, 6.07) is 2.37. The molecule has 0 fully saturated rings. The molecule has 0 aliphatic carbocycles. The van der Waals surface area contributed by atoms with Crippen molar-refractivity contribution in [2.24, 2.45) is 0 Å². The van der Waals surface area contributed by atoms with Crippen molar-refractivity contribution in [3.63, 3.8) is 0 Å². The van der Waals surface area contributed by atoms with E-state index in [1.54, 1.807) is 0 Å². The predicted octanol–water partition coefficient (Wildman–Crippen LogP) is 2.07. The molecule has 0 saturated heterocycles. The van der Waals surface area contributed by atoms with Crippen LogP contribution in [-0.4, -0.2) is 21.1 Å². The number of rotatable bonds is 3. The number of nitrogens with two attached hydrogens (primary N) is 1. The lowest BCUT2D eigenvalue weighted by Crippen LogP contribution is -2.34.